The Bertz CT molecular complexity index is 1450. The van der Waals surface area contributed by atoms with Gasteiger partial charge < -0.3 is 14.2 Å². The molecule has 0 aliphatic carbocycles. The fourth-order valence-electron chi connectivity index (χ4n) is 4.53. The number of aromatic nitrogens is 1. The smallest absolute Gasteiger partial charge is 0.289 e. The second kappa shape index (κ2) is 12.0. The Morgan fingerprint density at radius 2 is 1.74 bits per heavy atom. The van der Waals surface area contributed by atoms with Crippen molar-refractivity contribution in [2.75, 3.05) is 59.5 Å². The number of pyridine rings is 1. The molecule has 11 nitrogen and oxygen atoms in total. The van der Waals surface area contributed by atoms with E-state index in [-0.39, 0.29) is 30.2 Å². The Labute approximate surface area is 222 Å². The van der Waals surface area contributed by atoms with E-state index in [9.17, 15) is 23.3 Å². The number of nitrogens with zero attached hydrogens (tertiary/aromatic N) is 5. The number of likely N-dealkylation sites (N-methyl/N-ethyl adjacent to an activating group) is 1. The number of aryl methyl sites for hydroxylation is 1. The van der Waals surface area contributed by atoms with Crippen LogP contribution in [0.15, 0.2) is 64.3 Å². The molecule has 0 bridgehead atoms. The van der Waals surface area contributed by atoms with Gasteiger partial charge in [0, 0.05) is 70.4 Å². The zero-order chi connectivity index (χ0) is 27.3. The van der Waals surface area contributed by atoms with Crippen LogP contribution in [0.1, 0.15) is 6.42 Å². The van der Waals surface area contributed by atoms with Crippen molar-refractivity contribution in [1.82, 2.24) is 18.7 Å². The topological polar surface area (TPSA) is 118 Å². The van der Waals surface area contributed by atoms with Crippen LogP contribution in [-0.4, -0.2) is 91.5 Å². The molecule has 1 aromatic heterocycles. The third-order valence-corrected chi connectivity index (χ3v) is 8.80. The summed E-state index contributed by atoms with van der Waals surface area (Å²) in [7, 11) is -0.342. The first-order valence-corrected chi connectivity index (χ1v) is 14.0. The molecule has 1 fully saturated rings. The van der Waals surface area contributed by atoms with E-state index in [0.29, 0.717) is 18.7 Å². The van der Waals surface area contributed by atoms with Crippen LogP contribution in [0.4, 0.5) is 5.69 Å². The molecule has 1 saturated heterocycles. The van der Waals surface area contributed by atoms with E-state index >= 15 is 0 Å². The van der Waals surface area contributed by atoms with E-state index in [2.05, 4.69) is 16.8 Å². The first-order chi connectivity index (χ1) is 18.2. The Kier molecular flexibility index (Phi) is 8.77. The number of rotatable bonds is 11. The summed E-state index contributed by atoms with van der Waals surface area (Å²) in [6.07, 6.45) is 0.397. The van der Waals surface area contributed by atoms with E-state index in [1.54, 1.807) is 23.7 Å². The third kappa shape index (κ3) is 6.38. The molecule has 204 valence electrons. The van der Waals surface area contributed by atoms with E-state index in [4.69, 9.17) is 4.74 Å². The number of hydrogen-bond acceptors (Lipinski definition) is 8. The van der Waals surface area contributed by atoms with Crippen LogP contribution in [-0.2, 0) is 17.1 Å². The number of nitro groups is 1. The van der Waals surface area contributed by atoms with Crippen molar-refractivity contribution in [2.45, 2.75) is 11.3 Å². The lowest BCUT2D eigenvalue weighted by molar-refractivity contribution is -0.387. The van der Waals surface area contributed by atoms with Crippen LogP contribution in [0.25, 0.3) is 10.9 Å². The van der Waals surface area contributed by atoms with Crippen LogP contribution >= 0.6 is 0 Å². The van der Waals surface area contributed by atoms with Gasteiger partial charge in [-0.2, -0.15) is 4.31 Å². The van der Waals surface area contributed by atoms with Gasteiger partial charge in [0.15, 0.2) is 4.90 Å². The number of hydrogen-bond donors (Lipinski definition) is 0. The number of nitro benzene ring substituents is 1. The Hall–Kier alpha value is -3.32. The van der Waals surface area contributed by atoms with Crippen molar-refractivity contribution >= 4 is 26.6 Å². The monoisotopic (exact) mass is 543 g/mol. The lowest BCUT2D eigenvalue weighted by Gasteiger charge is -2.33. The minimum Gasteiger partial charge on any atom is -0.494 e. The Morgan fingerprint density at radius 1 is 1.00 bits per heavy atom. The van der Waals surface area contributed by atoms with Crippen LogP contribution in [0.3, 0.4) is 0 Å². The summed E-state index contributed by atoms with van der Waals surface area (Å²) in [5.41, 5.74) is 0.261. The summed E-state index contributed by atoms with van der Waals surface area (Å²) in [6, 6.07) is 14.1. The maximum atomic E-state index is 13.6. The van der Waals surface area contributed by atoms with Crippen LogP contribution < -0.4 is 10.3 Å². The van der Waals surface area contributed by atoms with Gasteiger partial charge in [-0.1, -0.05) is 12.1 Å². The molecule has 12 heteroatoms. The molecular weight excluding hydrogens is 510 g/mol. The largest absolute Gasteiger partial charge is 0.494 e. The minimum absolute atomic E-state index is 0.0947. The number of fused-ring (bicyclic) bond motifs is 1. The average molecular weight is 544 g/mol. The van der Waals surface area contributed by atoms with Gasteiger partial charge in [-0.05, 0) is 43.8 Å². The maximum absolute atomic E-state index is 13.6. The molecular formula is C26H33N5O6S. The first kappa shape index (κ1) is 27.7. The Morgan fingerprint density at radius 3 is 2.47 bits per heavy atom. The lowest BCUT2D eigenvalue weighted by atomic mass is 10.2. The fourth-order valence-corrected chi connectivity index (χ4v) is 6.15. The van der Waals surface area contributed by atoms with Gasteiger partial charge in [0.25, 0.3) is 11.2 Å². The first-order valence-electron chi connectivity index (χ1n) is 12.5. The molecule has 38 heavy (non-hydrogen) atoms. The zero-order valence-electron chi connectivity index (χ0n) is 21.7. The summed E-state index contributed by atoms with van der Waals surface area (Å²) < 4.78 is 35.9. The van der Waals surface area contributed by atoms with Crippen LogP contribution in [0.2, 0.25) is 0 Å². The molecule has 3 aromatic rings. The summed E-state index contributed by atoms with van der Waals surface area (Å²) in [6.45, 7) is 4.67. The summed E-state index contributed by atoms with van der Waals surface area (Å²) >= 11 is 0. The molecule has 2 aromatic carbocycles. The number of sulfonamides is 1. The molecule has 0 unspecified atom stereocenters. The van der Waals surface area contributed by atoms with Gasteiger partial charge in [0.05, 0.1) is 17.0 Å². The van der Waals surface area contributed by atoms with E-state index in [1.165, 1.54) is 34.6 Å². The molecule has 0 atom stereocenters. The SMILES string of the molecule is CN1CCN(CCN(CCCOc2ccc3c(ccc(=O)n3C)c2)S(=O)(=O)c2ccccc2[N+](=O)[O-])CC1. The highest BCUT2D eigenvalue weighted by molar-refractivity contribution is 7.89. The van der Waals surface area contributed by atoms with Crippen molar-refractivity contribution in [3.8, 4) is 5.75 Å². The predicted octanol–water partition coefficient (Wildman–Crippen LogP) is 2.15. The normalized spacial score (nSPS) is 15.2. The second-order valence-electron chi connectivity index (χ2n) is 9.43. The molecule has 0 N–H and O–H groups in total. The predicted molar refractivity (Wildman–Crippen MR) is 145 cm³/mol. The average Bonchev–Trinajstić information content (AvgIpc) is 2.91. The molecule has 1 aliphatic heterocycles. The fraction of sp³-hybridized carbons (Fsp3) is 0.423. The molecule has 4 rings (SSSR count). The van der Waals surface area contributed by atoms with Gasteiger partial charge in [0.1, 0.15) is 5.75 Å². The van der Waals surface area contributed by atoms with Crippen molar-refractivity contribution in [2.24, 2.45) is 7.05 Å². The zero-order valence-corrected chi connectivity index (χ0v) is 22.5. The summed E-state index contributed by atoms with van der Waals surface area (Å²) in [5.74, 6) is 0.613. The van der Waals surface area contributed by atoms with E-state index in [0.717, 1.165) is 37.1 Å². The van der Waals surface area contributed by atoms with Crippen LogP contribution in [0.5, 0.6) is 5.75 Å². The molecule has 0 radical (unpaired) electrons. The molecule has 0 amide bonds. The van der Waals surface area contributed by atoms with Gasteiger partial charge in [-0.3, -0.25) is 19.8 Å². The third-order valence-electron chi connectivity index (χ3n) is 6.86. The highest BCUT2D eigenvalue weighted by Gasteiger charge is 2.31. The van der Waals surface area contributed by atoms with Crippen molar-refractivity contribution in [1.29, 1.82) is 0 Å². The van der Waals surface area contributed by atoms with Crippen LogP contribution in [0, 0.1) is 10.1 Å². The highest BCUT2D eigenvalue weighted by atomic mass is 32.2. The lowest BCUT2D eigenvalue weighted by Crippen LogP contribution is -2.47. The second-order valence-corrected chi connectivity index (χ2v) is 11.3. The van der Waals surface area contributed by atoms with Crippen molar-refractivity contribution in [3.63, 3.8) is 0 Å². The highest BCUT2D eigenvalue weighted by Crippen LogP contribution is 2.26. The summed E-state index contributed by atoms with van der Waals surface area (Å²) in [5, 5.41) is 12.4. The van der Waals surface area contributed by atoms with E-state index < -0.39 is 20.6 Å². The van der Waals surface area contributed by atoms with E-state index in [1.807, 2.05) is 12.1 Å². The number of ether oxygens (including phenoxy) is 1. The Balaban J connectivity index is 1.46. The van der Waals surface area contributed by atoms with Gasteiger partial charge >= 0.3 is 0 Å². The molecule has 2 heterocycles. The quantitative estimate of drug-likeness (QED) is 0.205. The summed E-state index contributed by atoms with van der Waals surface area (Å²) in [4.78, 5) is 26.9. The van der Waals surface area contributed by atoms with Gasteiger partial charge in [-0.25, -0.2) is 8.42 Å². The molecule has 0 saturated carbocycles. The minimum atomic E-state index is -4.10. The molecule has 0 spiro atoms. The number of benzene rings is 2. The number of piperazine rings is 1. The standard InChI is InChI=1S/C26H33N5O6S/c1-27-13-15-29(16-14-27)17-18-30(38(35,36)25-7-4-3-6-24(25)31(33)34)12-5-19-37-22-9-10-23-21(20-22)8-11-26(32)28(23)2/h3-4,6-11,20H,5,12-19H2,1-2H3. The number of para-hydroxylation sites is 1. The van der Waals surface area contributed by atoms with Gasteiger partial charge in [0.2, 0.25) is 10.0 Å². The van der Waals surface area contributed by atoms with Crippen molar-refractivity contribution < 1.29 is 18.1 Å². The van der Waals surface area contributed by atoms with Gasteiger partial charge in [-0.15, -0.1) is 0 Å². The van der Waals surface area contributed by atoms with Crippen molar-refractivity contribution in [3.05, 3.63) is 75.1 Å². The molecule has 1 aliphatic rings. The maximum Gasteiger partial charge on any atom is 0.289 e.